The average molecular weight is 309 g/mol. The number of oxime groups is 1. The predicted octanol–water partition coefficient (Wildman–Crippen LogP) is 3.91. The Hall–Kier alpha value is -1.36. The first-order chi connectivity index (χ1) is 10.1. The third kappa shape index (κ3) is 4.56. The zero-order valence-corrected chi connectivity index (χ0v) is 14.3. The first-order valence-electron chi connectivity index (χ1n) is 7.48. The van der Waals surface area contributed by atoms with E-state index in [1.54, 1.807) is 11.8 Å². The van der Waals surface area contributed by atoms with Crippen molar-refractivity contribution in [2.75, 3.05) is 17.7 Å². The zero-order chi connectivity index (χ0) is 15.8. The molecule has 4 nitrogen and oxygen atoms in total. The highest BCUT2D eigenvalue weighted by Gasteiger charge is 2.19. The second-order valence-corrected chi connectivity index (χ2v) is 6.18. The molecule has 0 radical (unpaired) electrons. The maximum Gasteiger partial charge on any atom is 0.173 e. The smallest absolute Gasteiger partial charge is 0.173 e. The summed E-state index contributed by atoms with van der Waals surface area (Å²) in [5.41, 5.74) is 7.80. The summed E-state index contributed by atoms with van der Waals surface area (Å²) in [6.07, 6.45) is 5.56. The lowest BCUT2D eigenvalue weighted by atomic mass is 10.1. The molecule has 0 amide bonds. The standard InChI is InChI=1S/C16H27N3OS/c1-5-6-7-11-19(12(2)3)13-9-8-10-14(21-4)15(13)16(17)18-20/h8-10,12,20H,5-7,11H2,1-4H3,(H2,17,18). The summed E-state index contributed by atoms with van der Waals surface area (Å²) in [4.78, 5) is 3.37. The number of unbranched alkanes of at least 4 members (excludes halogenated alkanes) is 2. The number of nitrogens with two attached hydrogens (primary N) is 1. The summed E-state index contributed by atoms with van der Waals surface area (Å²) in [5.74, 6) is 0.177. The number of nitrogens with zero attached hydrogens (tertiary/aromatic N) is 2. The van der Waals surface area contributed by atoms with Crippen molar-refractivity contribution in [2.45, 2.75) is 51.0 Å². The molecule has 0 unspecified atom stereocenters. The van der Waals surface area contributed by atoms with Crippen LogP contribution in [-0.4, -0.2) is 29.9 Å². The molecule has 0 spiro atoms. The van der Waals surface area contributed by atoms with Gasteiger partial charge in [0.1, 0.15) is 0 Å². The van der Waals surface area contributed by atoms with Crippen molar-refractivity contribution in [1.82, 2.24) is 0 Å². The highest BCUT2D eigenvalue weighted by Crippen LogP contribution is 2.31. The van der Waals surface area contributed by atoms with Crippen molar-refractivity contribution in [1.29, 1.82) is 0 Å². The van der Waals surface area contributed by atoms with Crippen LogP contribution >= 0.6 is 11.8 Å². The lowest BCUT2D eigenvalue weighted by Crippen LogP contribution is -2.34. The highest BCUT2D eigenvalue weighted by atomic mass is 32.2. The molecular formula is C16H27N3OS. The number of hydrogen-bond acceptors (Lipinski definition) is 4. The number of amidine groups is 1. The lowest BCUT2D eigenvalue weighted by molar-refractivity contribution is 0.318. The van der Waals surface area contributed by atoms with Gasteiger partial charge in [-0.1, -0.05) is 31.0 Å². The molecule has 0 aliphatic carbocycles. The van der Waals surface area contributed by atoms with Crippen LogP contribution in [0.15, 0.2) is 28.3 Å². The molecule has 5 heteroatoms. The Balaban J connectivity index is 3.23. The number of thioether (sulfide) groups is 1. The van der Waals surface area contributed by atoms with Gasteiger partial charge in [0.15, 0.2) is 5.84 Å². The first-order valence-corrected chi connectivity index (χ1v) is 8.70. The fraction of sp³-hybridized carbons (Fsp3) is 0.562. The summed E-state index contributed by atoms with van der Waals surface area (Å²) in [6, 6.07) is 6.46. The normalized spacial score (nSPS) is 12.0. The van der Waals surface area contributed by atoms with Gasteiger partial charge < -0.3 is 15.8 Å². The minimum Gasteiger partial charge on any atom is -0.409 e. The SMILES string of the molecule is CCCCCN(c1cccc(SC)c1/C(N)=N/O)C(C)C. The number of benzene rings is 1. The summed E-state index contributed by atoms with van der Waals surface area (Å²) in [7, 11) is 0. The van der Waals surface area contributed by atoms with E-state index >= 15 is 0 Å². The van der Waals surface area contributed by atoms with E-state index in [0.29, 0.717) is 6.04 Å². The Bertz CT molecular complexity index is 475. The Morgan fingerprint density at radius 2 is 2.10 bits per heavy atom. The Kier molecular flexibility index (Phi) is 7.43. The molecule has 0 aromatic heterocycles. The second-order valence-electron chi connectivity index (χ2n) is 5.33. The molecule has 1 rings (SSSR count). The van der Waals surface area contributed by atoms with E-state index in [-0.39, 0.29) is 5.84 Å². The van der Waals surface area contributed by atoms with Crippen LogP contribution < -0.4 is 10.6 Å². The fourth-order valence-corrected chi connectivity index (χ4v) is 3.05. The van der Waals surface area contributed by atoms with E-state index in [2.05, 4.69) is 36.9 Å². The number of anilines is 1. The van der Waals surface area contributed by atoms with Crippen molar-refractivity contribution in [2.24, 2.45) is 10.9 Å². The van der Waals surface area contributed by atoms with Crippen LogP contribution in [0.4, 0.5) is 5.69 Å². The Labute approximate surface area is 132 Å². The minimum atomic E-state index is 0.177. The second kappa shape index (κ2) is 8.82. The molecular weight excluding hydrogens is 282 g/mol. The van der Waals surface area contributed by atoms with Gasteiger partial charge in [-0.15, -0.1) is 11.8 Å². The van der Waals surface area contributed by atoms with Crippen molar-refractivity contribution >= 4 is 23.3 Å². The van der Waals surface area contributed by atoms with Crippen LogP contribution in [0.3, 0.4) is 0 Å². The van der Waals surface area contributed by atoms with Crippen LogP contribution in [0, 0.1) is 0 Å². The van der Waals surface area contributed by atoms with Crippen LogP contribution in [0.1, 0.15) is 45.6 Å². The third-order valence-electron chi connectivity index (χ3n) is 3.52. The van der Waals surface area contributed by atoms with E-state index in [1.165, 1.54) is 12.8 Å². The maximum absolute atomic E-state index is 9.10. The van der Waals surface area contributed by atoms with Crippen LogP contribution in [0.5, 0.6) is 0 Å². The predicted molar refractivity (Wildman–Crippen MR) is 92.7 cm³/mol. The van der Waals surface area contributed by atoms with Crippen molar-refractivity contribution in [3.8, 4) is 0 Å². The molecule has 0 atom stereocenters. The van der Waals surface area contributed by atoms with E-state index in [9.17, 15) is 0 Å². The summed E-state index contributed by atoms with van der Waals surface area (Å²) in [5, 5.41) is 12.3. The highest BCUT2D eigenvalue weighted by molar-refractivity contribution is 7.98. The van der Waals surface area contributed by atoms with Gasteiger partial charge in [-0.2, -0.15) is 0 Å². The molecule has 3 N–H and O–H groups in total. The molecule has 0 aliphatic rings. The summed E-state index contributed by atoms with van der Waals surface area (Å²) < 4.78 is 0. The van der Waals surface area contributed by atoms with Gasteiger partial charge in [0.05, 0.1) is 5.56 Å². The Morgan fingerprint density at radius 1 is 1.38 bits per heavy atom. The van der Waals surface area contributed by atoms with Crippen molar-refractivity contribution in [3.63, 3.8) is 0 Å². The molecule has 0 heterocycles. The average Bonchev–Trinajstić information content (AvgIpc) is 2.49. The van der Waals surface area contributed by atoms with Crippen molar-refractivity contribution < 1.29 is 5.21 Å². The largest absolute Gasteiger partial charge is 0.409 e. The summed E-state index contributed by atoms with van der Waals surface area (Å²) >= 11 is 1.61. The third-order valence-corrected chi connectivity index (χ3v) is 4.30. The monoisotopic (exact) mass is 309 g/mol. The van der Waals surface area contributed by atoms with E-state index in [1.807, 2.05) is 18.4 Å². The van der Waals surface area contributed by atoms with Gasteiger partial charge in [-0.05, 0) is 38.7 Å². The quantitative estimate of drug-likeness (QED) is 0.191. The fourth-order valence-electron chi connectivity index (χ4n) is 2.43. The van der Waals surface area contributed by atoms with Gasteiger partial charge in [-0.25, -0.2) is 0 Å². The van der Waals surface area contributed by atoms with E-state index < -0.39 is 0 Å². The van der Waals surface area contributed by atoms with Gasteiger partial charge in [0.2, 0.25) is 0 Å². The molecule has 1 aromatic carbocycles. The molecule has 0 bridgehead atoms. The maximum atomic E-state index is 9.10. The zero-order valence-electron chi connectivity index (χ0n) is 13.5. The topological polar surface area (TPSA) is 61.8 Å². The van der Waals surface area contributed by atoms with Gasteiger partial charge in [-0.3, -0.25) is 0 Å². The van der Waals surface area contributed by atoms with Gasteiger partial charge in [0, 0.05) is 23.2 Å². The molecule has 21 heavy (non-hydrogen) atoms. The first kappa shape index (κ1) is 17.7. The Morgan fingerprint density at radius 3 is 2.62 bits per heavy atom. The van der Waals surface area contributed by atoms with Crippen LogP contribution in [-0.2, 0) is 0 Å². The molecule has 0 aliphatic heterocycles. The number of rotatable bonds is 8. The molecule has 118 valence electrons. The van der Waals surface area contributed by atoms with Gasteiger partial charge in [0.25, 0.3) is 0 Å². The number of hydrogen-bond donors (Lipinski definition) is 2. The van der Waals surface area contributed by atoms with Gasteiger partial charge >= 0.3 is 0 Å². The van der Waals surface area contributed by atoms with Crippen molar-refractivity contribution in [3.05, 3.63) is 23.8 Å². The molecule has 0 fully saturated rings. The molecule has 1 aromatic rings. The van der Waals surface area contributed by atoms with Crippen LogP contribution in [0.25, 0.3) is 0 Å². The van der Waals surface area contributed by atoms with E-state index in [0.717, 1.165) is 29.1 Å². The lowest BCUT2D eigenvalue weighted by Gasteiger charge is -2.31. The van der Waals surface area contributed by atoms with Crippen LogP contribution in [0.2, 0.25) is 0 Å². The minimum absolute atomic E-state index is 0.177. The van der Waals surface area contributed by atoms with E-state index in [4.69, 9.17) is 10.9 Å². The molecule has 0 saturated carbocycles. The summed E-state index contributed by atoms with van der Waals surface area (Å²) in [6.45, 7) is 7.53. The molecule has 0 saturated heterocycles.